The van der Waals surface area contributed by atoms with E-state index in [4.69, 9.17) is 10.5 Å². The number of rotatable bonds is 2. The van der Waals surface area contributed by atoms with Crippen LogP contribution in [0, 0.1) is 5.82 Å². The fourth-order valence-electron chi connectivity index (χ4n) is 1.33. The monoisotopic (exact) mass is 219 g/mol. The molecule has 1 aromatic carbocycles. The lowest BCUT2D eigenvalue weighted by Crippen LogP contribution is -1.94. The molecule has 82 valence electrons. The van der Waals surface area contributed by atoms with Gasteiger partial charge in [0.25, 0.3) is 0 Å². The lowest BCUT2D eigenvalue weighted by Gasteiger charge is -2.04. The van der Waals surface area contributed by atoms with Gasteiger partial charge in [-0.1, -0.05) is 6.07 Å². The number of anilines is 1. The summed E-state index contributed by atoms with van der Waals surface area (Å²) in [4.78, 5) is 7.68. The molecule has 0 amide bonds. The number of benzene rings is 1. The molecular weight excluding hydrogens is 209 g/mol. The highest BCUT2D eigenvalue weighted by Crippen LogP contribution is 2.24. The highest BCUT2D eigenvalue weighted by atomic mass is 19.1. The Morgan fingerprint density at radius 2 is 1.88 bits per heavy atom. The molecule has 0 aliphatic heterocycles. The Morgan fingerprint density at radius 1 is 1.19 bits per heavy atom. The van der Waals surface area contributed by atoms with Gasteiger partial charge in [0.2, 0.25) is 5.95 Å². The van der Waals surface area contributed by atoms with Crippen LogP contribution in [0.25, 0.3) is 11.1 Å². The molecule has 5 heteroatoms. The fourth-order valence-corrected chi connectivity index (χ4v) is 1.33. The summed E-state index contributed by atoms with van der Waals surface area (Å²) < 4.78 is 18.3. The fraction of sp³-hybridized carbons (Fsp3) is 0.0909. The Balaban J connectivity index is 2.41. The number of nitrogens with zero attached hydrogens (tertiary/aromatic N) is 2. The number of hydrogen-bond donors (Lipinski definition) is 1. The summed E-state index contributed by atoms with van der Waals surface area (Å²) in [7, 11) is 1.42. The second kappa shape index (κ2) is 4.14. The van der Waals surface area contributed by atoms with Crippen LogP contribution in [-0.2, 0) is 0 Å². The molecule has 0 radical (unpaired) electrons. The smallest absolute Gasteiger partial charge is 0.219 e. The number of methoxy groups -OCH3 is 1. The first kappa shape index (κ1) is 10.4. The van der Waals surface area contributed by atoms with Crippen molar-refractivity contribution in [2.45, 2.75) is 0 Å². The maximum atomic E-state index is 13.4. The van der Waals surface area contributed by atoms with Gasteiger partial charge in [0.05, 0.1) is 7.11 Å². The van der Waals surface area contributed by atoms with E-state index in [0.717, 1.165) is 0 Å². The molecule has 16 heavy (non-hydrogen) atoms. The third-order valence-electron chi connectivity index (χ3n) is 2.16. The van der Waals surface area contributed by atoms with Gasteiger partial charge >= 0.3 is 0 Å². The molecule has 0 saturated carbocycles. The molecule has 1 heterocycles. The van der Waals surface area contributed by atoms with Crippen molar-refractivity contribution in [2.24, 2.45) is 0 Å². The van der Waals surface area contributed by atoms with Crippen LogP contribution in [0.1, 0.15) is 0 Å². The van der Waals surface area contributed by atoms with Crippen LogP contribution in [0.15, 0.2) is 30.6 Å². The predicted octanol–water partition coefficient (Wildman–Crippen LogP) is 1.87. The Morgan fingerprint density at radius 3 is 2.44 bits per heavy atom. The number of nitrogen functional groups attached to an aromatic ring is 1. The maximum absolute atomic E-state index is 13.4. The quantitative estimate of drug-likeness (QED) is 0.837. The van der Waals surface area contributed by atoms with Gasteiger partial charge in [0, 0.05) is 18.0 Å². The Hall–Kier alpha value is -2.17. The minimum atomic E-state index is -0.420. The molecule has 0 bridgehead atoms. The van der Waals surface area contributed by atoms with Gasteiger partial charge < -0.3 is 10.5 Å². The molecule has 0 unspecified atom stereocenters. The minimum Gasteiger partial charge on any atom is -0.494 e. The van der Waals surface area contributed by atoms with Crippen molar-refractivity contribution in [2.75, 3.05) is 12.8 Å². The van der Waals surface area contributed by atoms with Gasteiger partial charge in [-0.3, -0.25) is 0 Å². The van der Waals surface area contributed by atoms with Gasteiger partial charge in [-0.25, -0.2) is 14.4 Å². The van der Waals surface area contributed by atoms with E-state index in [9.17, 15) is 4.39 Å². The molecule has 0 aliphatic carbocycles. The van der Waals surface area contributed by atoms with E-state index in [1.807, 2.05) is 0 Å². The molecule has 4 nitrogen and oxygen atoms in total. The zero-order valence-corrected chi connectivity index (χ0v) is 8.64. The van der Waals surface area contributed by atoms with Crippen molar-refractivity contribution in [1.82, 2.24) is 9.97 Å². The van der Waals surface area contributed by atoms with Crippen LogP contribution in [-0.4, -0.2) is 17.1 Å². The third kappa shape index (κ3) is 1.93. The van der Waals surface area contributed by atoms with Gasteiger partial charge in [-0.05, 0) is 17.7 Å². The largest absolute Gasteiger partial charge is 0.494 e. The SMILES string of the molecule is COc1ccc(-c2cnc(N)nc2)cc1F. The Bertz CT molecular complexity index is 499. The maximum Gasteiger partial charge on any atom is 0.219 e. The third-order valence-corrected chi connectivity index (χ3v) is 2.16. The zero-order chi connectivity index (χ0) is 11.5. The summed E-state index contributed by atoms with van der Waals surface area (Å²) in [5.41, 5.74) is 6.75. The normalized spacial score (nSPS) is 10.1. The topological polar surface area (TPSA) is 61.0 Å². The Kier molecular flexibility index (Phi) is 2.68. The molecule has 0 fully saturated rings. The van der Waals surface area contributed by atoms with Gasteiger partial charge in [-0.2, -0.15) is 0 Å². The van der Waals surface area contributed by atoms with Crippen molar-refractivity contribution in [3.05, 3.63) is 36.4 Å². The molecule has 2 N–H and O–H groups in total. The second-order valence-electron chi connectivity index (χ2n) is 3.18. The average molecular weight is 219 g/mol. The number of hydrogen-bond acceptors (Lipinski definition) is 4. The summed E-state index contributed by atoms with van der Waals surface area (Å²) in [6.45, 7) is 0. The molecule has 0 spiro atoms. The van der Waals surface area contributed by atoms with Crippen molar-refractivity contribution in [1.29, 1.82) is 0 Å². The van der Waals surface area contributed by atoms with Crippen LogP contribution in [0.4, 0.5) is 10.3 Å². The standard InChI is InChI=1S/C11H10FN3O/c1-16-10-3-2-7(4-9(10)12)8-5-14-11(13)15-6-8/h2-6H,1H3,(H2,13,14,15). The van der Waals surface area contributed by atoms with E-state index in [-0.39, 0.29) is 11.7 Å². The lowest BCUT2D eigenvalue weighted by molar-refractivity contribution is 0.386. The van der Waals surface area contributed by atoms with E-state index in [1.165, 1.54) is 13.2 Å². The van der Waals surface area contributed by atoms with Crippen LogP contribution < -0.4 is 10.5 Å². The van der Waals surface area contributed by atoms with E-state index in [2.05, 4.69) is 9.97 Å². The molecule has 0 saturated heterocycles. The summed E-state index contributed by atoms with van der Waals surface area (Å²) in [5.74, 6) is -0.0188. The van der Waals surface area contributed by atoms with Gasteiger partial charge in [-0.15, -0.1) is 0 Å². The summed E-state index contributed by atoms with van der Waals surface area (Å²) in [6.07, 6.45) is 3.09. The molecular formula is C11H10FN3O. The number of halogens is 1. The molecule has 0 atom stereocenters. The van der Waals surface area contributed by atoms with Crippen molar-refractivity contribution >= 4 is 5.95 Å². The summed E-state index contributed by atoms with van der Waals surface area (Å²) in [6, 6.07) is 4.66. The molecule has 0 aliphatic rings. The van der Waals surface area contributed by atoms with Crippen LogP contribution in [0.5, 0.6) is 5.75 Å². The molecule has 1 aromatic heterocycles. The second-order valence-corrected chi connectivity index (χ2v) is 3.18. The molecule has 2 rings (SSSR count). The van der Waals surface area contributed by atoms with Gasteiger partial charge in [0.1, 0.15) is 0 Å². The first-order chi connectivity index (χ1) is 7.70. The first-order valence-corrected chi connectivity index (χ1v) is 4.62. The highest BCUT2D eigenvalue weighted by molar-refractivity contribution is 5.63. The Labute approximate surface area is 91.9 Å². The van der Waals surface area contributed by atoms with Crippen LogP contribution in [0.2, 0.25) is 0 Å². The number of aromatic nitrogens is 2. The average Bonchev–Trinajstić information content (AvgIpc) is 2.30. The van der Waals surface area contributed by atoms with Crippen LogP contribution in [0.3, 0.4) is 0 Å². The lowest BCUT2D eigenvalue weighted by atomic mass is 10.1. The number of nitrogens with two attached hydrogens (primary N) is 1. The number of ether oxygens (including phenoxy) is 1. The van der Waals surface area contributed by atoms with Gasteiger partial charge in [0.15, 0.2) is 11.6 Å². The van der Waals surface area contributed by atoms with E-state index >= 15 is 0 Å². The van der Waals surface area contributed by atoms with Crippen molar-refractivity contribution < 1.29 is 9.13 Å². The summed E-state index contributed by atoms with van der Waals surface area (Å²) >= 11 is 0. The van der Waals surface area contributed by atoms with Crippen molar-refractivity contribution in [3.63, 3.8) is 0 Å². The summed E-state index contributed by atoms with van der Waals surface area (Å²) in [5, 5.41) is 0. The molecule has 2 aromatic rings. The first-order valence-electron chi connectivity index (χ1n) is 4.62. The van der Waals surface area contributed by atoms with E-state index in [1.54, 1.807) is 24.5 Å². The predicted molar refractivity (Wildman–Crippen MR) is 58.4 cm³/mol. The highest BCUT2D eigenvalue weighted by Gasteiger charge is 2.05. The van der Waals surface area contributed by atoms with E-state index in [0.29, 0.717) is 11.1 Å². The van der Waals surface area contributed by atoms with Crippen LogP contribution >= 0.6 is 0 Å². The minimum absolute atomic E-state index is 0.192. The van der Waals surface area contributed by atoms with E-state index < -0.39 is 5.82 Å². The zero-order valence-electron chi connectivity index (χ0n) is 8.64. The van der Waals surface area contributed by atoms with Crippen molar-refractivity contribution in [3.8, 4) is 16.9 Å².